The van der Waals surface area contributed by atoms with Crippen LogP contribution in [0.25, 0.3) is 11.1 Å². The molecule has 1 atom stereocenters. The van der Waals surface area contributed by atoms with Crippen molar-refractivity contribution in [2.24, 2.45) is 5.14 Å². The zero-order valence-corrected chi connectivity index (χ0v) is 17.1. The number of anilines is 1. The number of hydrogen-bond donors (Lipinski definition) is 2. The van der Waals surface area contributed by atoms with Crippen LogP contribution in [0.1, 0.15) is 5.56 Å². The number of halogens is 2. The van der Waals surface area contributed by atoms with E-state index in [2.05, 4.69) is 26.2 Å². The van der Waals surface area contributed by atoms with Gasteiger partial charge in [-0.25, -0.2) is 4.98 Å². The first-order valence-corrected chi connectivity index (χ1v) is 10.3. The molecule has 0 bridgehead atoms. The van der Waals surface area contributed by atoms with Crippen molar-refractivity contribution in [2.45, 2.75) is 11.3 Å². The first kappa shape index (κ1) is 19.9. The lowest BCUT2D eigenvalue weighted by Gasteiger charge is -2.12. The van der Waals surface area contributed by atoms with E-state index in [1.807, 2.05) is 24.3 Å². The van der Waals surface area contributed by atoms with Crippen molar-refractivity contribution in [2.75, 3.05) is 5.32 Å². The predicted octanol–water partition coefficient (Wildman–Crippen LogP) is 4.33. The standard InChI is InChI=1S/C19H15BrClN3O2S/c20-16-4-2-1-3-12(16)9-19(25)24-14-6-7-15(17(10-14)27(22)26)13-5-8-18(21)23-11-13/h1-8,10-11H,9,22H2,(H,24,25). The summed E-state index contributed by atoms with van der Waals surface area (Å²) in [5.74, 6) is -0.184. The number of aromatic nitrogens is 1. The Kier molecular flexibility index (Phi) is 6.51. The molecule has 0 fully saturated rings. The van der Waals surface area contributed by atoms with E-state index in [0.717, 1.165) is 15.6 Å². The van der Waals surface area contributed by atoms with Gasteiger partial charge < -0.3 is 9.87 Å². The number of nitrogens with zero attached hydrogens (tertiary/aromatic N) is 1. The van der Waals surface area contributed by atoms with Crippen LogP contribution in [0.2, 0.25) is 5.15 Å². The Bertz CT molecular complexity index is 967. The number of hydrogen-bond acceptors (Lipinski definition) is 4. The second-order valence-corrected chi connectivity index (χ2v) is 7.97. The van der Waals surface area contributed by atoms with Crippen molar-refractivity contribution in [3.63, 3.8) is 0 Å². The van der Waals surface area contributed by atoms with E-state index in [9.17, 15) is 9.35 Å². The number of amides is 1. The van der Waals surface area contributed by atoms with Crippen LogP contribution in [0.15, 0.2) is 70.2 Å². The Balaban J connectivity index is 1.82. The quantitative estimate of drug-likeness (QED) is 0.434. The van der Waals surface area contributed by atoms with Gasteiger partial charge in [-0.1, -0.05) is 45.7 Å². The van der Waals surface area contributed by atoms with Crippen LogP contribution in [0.5, 0.6) is 0 Å². The molecule has 2 aromatic carbocycles. The van der Waals surface area contributed by atoms with Crippen LogP contribution in [0.4, 0.5) is 5.69 Å². The summed E-state index contributed by atoms with van der Waals surface area (Å²) in [6.07, 6.45) is 1.80. The molecule has 0 aliphatic heterocycles. The van der Waals surface area contributed by atoms with Gasteiger partial charge in [0.25, 0.3) is 0 Å². The lowest BCUT2D eigenvalue weighted by Crippen LogP contribution is -2.17. The van der Waals surface area contributed by atoms with Gasteiger partial charge >= 0.3 is 0 Å². The molecule has 0 radical (unpaired) electrons. The lowest BCUT2D eigenvalue weighted by molar-refractivity contribution is -0.115. The Labute approximate surface area is 173 Å². The van der Waals surface area contributed by atoms with Gasteiger partial charge in [-0.05, 0) is 35.9 Å². The van der Waals surface area contributed by atoms with Gasteiger partial charge in [0.15, 0.2) is 4.90 Å². The van der Waals surface area contributed by atoms with Crippen molar-refractivity contribution in [3.05, 3.63) is 76.0 Å². The molecule has 1 heterocycles. The highest BCUT2D eigenvalue weighted by molar-refractivity contribution is 9.10. The van der Waals surface area contributed by atoms with Crippen molar-refractivity contribution in [1.29, 1.82) is 0 Å². The summed E-state index contributed by atoms with van der Waals surface area (Å²) >= 11 is 7.51. The largest absolute Gasteiger partial charge is 0.593 e. The zero-order valence-electron chi connectivity index (χ0n) is 14.0. The lowest BCUT2D eigenvalue weighted by atomic mass is 10.1. The van der Waals surface area contributed by atoms with E-state index in [0.29, 0.717) is 21.3 Å². The van der Waals surface area contributed by atoms with Crippen LogP contribution < -0.4 is 10.5 Å². The molecule has 138 valence electrons. The minimum Gasteiger partial charge on any atom is -0.593 e. The summed E-state index contributed by atoms with van der Waals surface area (Å²) in [5.41, 5.74) is 2.80. The number of nitrogens with one attached hydrogen (secondary N) is 1. The first-order valence-electron chi connectivity index (χ1n) is 7.89. The topological polar surface area (TPSA) is 91.1 Å². The van der Waals surface area contributed by atoms with Crippen LogP contribution >= 0.6 is 27.5 Å². The molecule has 0 aliphatic rings. The maximum atomic E-state index is 12.3. The minimum absolute atomic E-state index is 0.184. The van der Waals surface area contributed by atoms with E-state index in [1.165, 1.54) is 0 Å². The highest BCUT2D eigenvalue weighted by Crippen LogP contribution is 2.29. The van der Waals surface area contributed by atoms with Crippen LogP contribution in [-0.2, 0) is 22.6 Å². The predicted molar refractivity (Wildman–Crippen MR) is 112 cm³/mol. The Hall–Kier alpha value is -1.90. The molecule has 3 rings (SSSR count). The van der Waals surface area contributed by atoms with Crippen molar-refractivity contribution >= 4 is 50.5 Å². The van der Waals surface area contributed by atoms with Gasteiger partial charge in [-0.2, -0.15) is 0 Å². The fourth-order valence-electron chi connectivity index (χ4n) is 2.56. The molecule has 0 saturated heterocycles. The molecule has 27 heavy (non-hydrogen) atoms. The summed E-state index contributed by atoms with van der Waals surface area (Å²) in [5, 5.41) is 8.81. The van der Waals surface area contributed by atoms with E-state index >= 15 is 0 Å². The summed E-state index contributed by atoms with van der Waals surface area (Å²) in [6.45, 7) is 0. The number of benzene rings is 2. The second-order valence-electron chi connectivity index (χ2n) is 5.69. The molecule has 1 amide bonds. The molecule has 5 nitrogen and oxygen atoms in total. The number of rotatable bonds is 5. The van der Waals surface area contributed by atoms with Gasteiger partial charge in [0.1, 0.15) is 5.15 Å². The minimum atomic E-state index is -1.73. The van der Waals surface area contributed by atoms with Crippen molar-refractivity contribution < 1.29 is 9.35 Å². The Morgan fingerprint density at radius 2 is 2.00 bits per heavy atom. The molecule has 3 N–H and O–H groups in total. The van der Waals surface area contributed by atoms with E-state index in [-0.39, 0.29) is 12.3 Å². The van der Waals surface area contributed by atoms with Crippen molar-refractivity contribution in [1.82, 2.24) is 4.98 Å². The highest BCUT2D eigenvalue weighted by atomic mass is 79.9. The molecule has 0 saturated carbocycles. The first-order chi connectivity index (χ1) is 12.9. The van der Waals surface area contributed by atoms with Gasteiger partial charge in [-0.15, -0.1) is 5.14 Å². The van der Waals surface area contributed by atoms with Crippen LogP contribution in [-0.4, -0.2) is 15.4 Å². The van der Waals surface area contributed by atoms with Crippen LogP contribution in [0.3, 0.4) is 0 Å². The average molecular weight is 465 g/mol. The van der Waals surface area contributed by atoms with Gasteiger partial charge in [-0.3, -0.25) is 4.79 Å². The smallest absolute Gasteiger partial charge is 0.228 e. The summed E-state index contributed by atoms with van der Waals surface area (Å²) in [7, 11) is 0. The highest BCUT2D eigenvalue weighted by Gasteiger charge is 2.17. The van der Waals surface area contributed by atoms with Gasteiger partial charge in [0.2, 0.25) is 5.91 Å². The maximum Gasteiger partial charge on any atom is 0.228 e. The Morgan fingerprint density at radius 1 is 1.22 bits per heavy atom. The SMILES string of the molecule is N[S+]([O-])c1cc(NC(=O)Cc2ccccc2Br)ccc1-c1ccc(Cl)nc1. The monoisotopic (exact) mass is 463 g/mol. The molecule has 3 aromatic rings. The number of pyridine rings is 1. The zero-order chi connectivity index (χ0) is 19.4. The second kappa shape index (κ2) is 8.86. The summed E-state index contributed by atoms with van der Waals surface area (Å²) in [6, 6.07) is 16.0. The van der Waals surface area contributed by atoms with Gasteiger partial charge in [0, 0.05) is 33.6 Å². The van der Waals surface area contributed by atoms with Gasteiger partial charge in [0.05, 0.1) is 17.8 Å². The fourth-order valence-corrected chi connectivity index (χ4v) is 3.74. The molecule has 1 unspecified atom stereocenters. The number of carbonyl (C=O) groups excluding carboxylic acids is 1. The molecule has 8 heteroatoms. The summed E-state index contributed by atoms with van der Waals surface area (Å²) < 4.78 is 12.9. The van der Waals surface area contributed by atoms with Crippen molar-refractivity contribution in [3.8, 4) is 11.1 Å². The average Bonchev–Trinajstić information content (AvgIpc) is 2.64. The third kappa shape index (κ3) is 5.09. The van der Waals surface area contributed by atoms with E-state index in [1.54, 1.807) is 36.5 Å². The maximum absolute atomic E-state index is 12.3. The van der Waals surface area contributed by atoms with E-state index < -0.39 is 11.4 Å². The molecular formula is C19H15BrClN3O2S. The third-order valence-corrected chi connectivity index (χ3v) is 5.60. The third-order valence-electron chi connectivity index (χ3n) is 3.83. The number of nitrogens with two attached hydrogens (primary N) is 1. The molecule has 0 spiro atoms. The molecule has 0 aliphatic carbocycles. The van der Waals surface area contributed by atoms with Crippen LogP contribution in [0, 0.1) is 0 Å². The Morgan fingerprint density at radius 3 is 2.67 bits per heavy atom. The number of carbonyl (C=O) groups is 1. The van der Waals surface area contributed by atoms with E-state index in [4.69, 9.17) is 16.7 Å². The molecular weight excluding hydrogens is 450 g/mol. The normalized spacial score (nSPS) is 11.9. The molecule has 1 aromatic heterocycles. The fraction of sp³-hybridized carbons (Fsp3) is 0.0526. The summed E-state index contributed by atoms with van der Waals surface area (Å²) in [4.78, 5) is 16.8.